The van der Waals surface area contributed by atoms with Crippen molar-refractivity contribution in [2.75, 3.05) is 0 Å². The molecule has 0 spiro atoms. The van der Waals surface area contributed by atoms with Gasteiger partial charge in [-0.1, -0.05) is 6.58 Å². The van der Waals surface area contributed by atoms with E-state index < -0.39 is 18.2 Å². The van der Waals surface area contributed by atoms with Gasteiger partial charge in [-0.3, -0.25) is 4.79 Å². The number of hydrogen-bond acceptors (Lipinski definition) is 2. The summed E-state index contributed by atoms with van der Waals surface area (Å²) in [7, 11) is 0. The molecule has 0 N–H and O–H groups in total. The molecular weight excluding hydrogens is 130 g/mol. The molecule has 0 aromatic carbocycles. The minimum absolute atomic E-state index is 0.778. The third kappa shape index (κ3) is 3.64. The van der Waals surface area contributed by atoms with Crippen molar-refractivity contribution in [1.29, 1.82) is 0 Å². The van der Waals surface area contributed by atoms with Crippen molar-refractivity contribution in [2.45, 2.75) is 13.3 Å². The standard InChI is InChI=1S/C5H6F2O2/c1-3(5(6)7)9-4(2)8/h5H,1H2,2H3. The molecule has 0 aliphatic carbocycles. The lowest BCUT2D eigenvalue weighted by atomic mass is 10.6. The fraction of sp³-hybridized carbons (Fsp3) is 0.400. The summed E-state index contributed by atoms with van der Waals surface area (Å²) >= 11 is 0. The highest BCUT2D eigenvalue weighted by Gasteiger charge is 2.10. The maximum Gasteiger partial charge on any atom is 0.307 e. The molecule has 4 heteroatoms. The molecule has 0 atom stereocenters. The van der Waals surface area contributed by atoms with Gasteiger partial charge in [0, 0.05) is 6.92 Å². The van der Waals surface area contributed by atoms with Gasteiger partial charge >= 0.3 is 5.97 Å². The van der Waals surface area contributed by atoms with Gasteiger partial charge in [-0.15, -0.1) is 0 Å². The summed E-state index contributed by atoms with van der Waals surface area (Å²) in [4.78, 5) is 9.94. The molecule has 0 aliphatic rings. The minimum atomic E-state index is -2.78. The van der Waals surface area contributed by atoms with Crippen molar-refractivity contribution in [3.05, 3.63) is 12.3 Å². The summed E-state index contributed by atoms with van der Waals surface area (Å²) in [5.41, 5.74) is 0. The van der Waals surface area contributed by atoms with E-state index in [0.717, 1.165) is 6.92 Å². The van der Waals surface area contributed by atoms with E-state index in [9.17, 15) is 13.6 Å². The smallest absolute Gasteiger partial charge is 0.307 e. The fourth-order valence-corrected chi connectivity index (χ4v) is 0.229. The van der Waals surface area contributed by atoms with Gasteiger partial charge in [0.1, 0.15) is 0 Å². The van der Waals surface area contributed by atoms with Crippen LogP contribution < -0.4 is 0 Å². The Kier molecular flexibility index (Phi) is 2.84. The second-order valence-electron chi connectivity index (χ2n) is 1.36. The normalized spacial score (nSPS) is 9.33. The SMILES string of the molecule is C=C(OC(C)=O)C(F)F. The summed E-state index contributed by atoms with van der Waals surface area (Å²) in [6.07, 6.45) is -2.78. The van der Waals surface area contributed by atoms with Gasteiger partial charge in [-0.25, -0.2) is 8.78 Å². The van der Waals surface area contributed by atoms with Crippen molar-refractivity contribution >= 4 is 5.97 Å². The van der Waals surface area contributed by atoms with Crippen LogP contribution in [0, 0.1) is 0 Å². The third-order valence-electron chi connectivity index (χ3n) is 0.518. The molecule has 2 nitrogen and oxygen atoms in total. The molecule has 0 saturated carbocycles. The zero-order valence-electron chi connectivity index (χ0n) is 4.86. The highest BCUT2D eigenvalue weighted by atomic mass is 19.3. The largest absolute Gasteiger partial charge is 0.426 e. The van der Waals surface area contributed by atoms with Gasteiger partial charge in [0.05, 0.1) is 0 Å². The number of ether oxygens (including phenoxy) is 1. The lowest BCUT2D eigenvalue weighted by molar-refractivity contribution is -0.138. The third-order valence-corrected chi connectivity index (χ3v) is 0.518. The number of allylic oxidation sites excluding steroid dienone is 1. The number of alkyl halides is 2. The Labute approximate surface area is 51.1 Å². The molecule has 0 radical (unpaired) electrons. The number of halogens is 2. The highest BCUT2D eigenvalue weighted by molar-refractivity contribution is 5.67. The summed E-state index contributed by atoms with van der Waals surface area (Å²) in [6.45, 7) is 3.84. The van der Waals surface area contributed by atoms with Crippen LogP contribution in [0.4, 0.5) is 8.78 Å². The van der Waals surface area contributed by atoms with Crippen LogP contribution in [-0.4, -0.2) is 12.4 Å². The fourth-order valence-electron chi connectivity index (χ4n) is 0.229. The molecule has 52 valence electrons. The first-order valence-corrected chi connectivity index (χ1v) is 2.19. The van der Waals surface area contributed by atoms with Crippen LogP contribution in [0.2, 0.25) is 0 Å². The second-order valence-corrected chi connectivity index (χ2v) is 1.36. The summed E-state index contributed by atoms with van der Waals surface area (Å²) in [5.74, 6) is -1.58. The number of rotatable bonds is 2. The van der Waals surface area contributed by atoms with Crippen LogP contribution in [-0.2, 0) is 9.53 Å². The lowest BCUT2D eigenvalue weighted by Gasteiger charge is -2.00. The predicted molar refractivity (Wildman–Crippen MR) is 26.9 cm³/mol. The molecule has 0 heterocycles. The van der Waals surface area contributed by atoms with Crippen LogP contribution in [0.25, 0.3) is 0 Å². The van der Waals surface area contributed by atoms with Gasteiger partial charge < -0.3 is 4.74 Å². The molecule has 0 bridgehead atoms. The lowest BCUT2D eigenvalue weighted by Crippen LogP contribution is -2.04. The Balaban J connectivity index is 3.64. The Morgan fingerprint density at radius 3 is 2.22 bits per heavy atom. The van der Waals surface area contributed by atoms with Crippen molar-refractivity contribution in [2.24, 2.45) is 0 Å². The van der Waals surface area contributed by atoms with E-state index in [-0.39, 0.29) is 0 Å². The predicted octanol–water partition coefficient (Wildman–Crippen LogP) is 1.33. The molecule has 9 heavy (non-hydrogen) atoms. The minimum Gasteiger partial charge on any atom is -0.426 e. The Bertz CT molecular complexity index is 131. The average molecular weight is 136 g/mol. The summed E-state index contributed by atoms with van der Waals surface area (Å²) in [5, 5.41) is 0. The van der Waals surface area contributed by atoms with Gasteiger partial charge in [-0.05, 0) is 0 Å². The molecule has 0 aromatic heterocycles. The molecule has 0 aliphatic heterocycles. The molecule has 0 aromatic rings. The van der Waals surface area contributed by atoms with Crippen molar-refractivity contribution in [3.63, 3.8) is 0 Å². The zero-order valence-corrected chi connectivity index (χ0v) is 4.86. The van der Waals surface area contributed by atoms with E-state index in [1.54, 1.807) is 0 Å². The zero-order chi connectivity index (χ0) is 7.44. The summed E-state index contributed by atoms with van der Waals surface area (Å²) < 4.78 is 26.8. The average Bonchev–Trinajstić information content (AvgIpc) is 1.63. The van der Waals surface area contributed by atoms with E-state index >= 15 is 0 Å². The van der Waals surface area contributed by atoms with Crippen LogP contribution >= 0.6 is 0 Å². The van der Waals surface area contributed by atoms with Gasteiger partial charge in [0.2, 0.25) is 0 Å². The molecule has 0 fully saturated rings. The summed E-state index contributed by atoms with van der Waals surface area (Å²) in [6, 6.07) is 0. The quantitative estimate of drug-likeness (QED) is 0.422. The van der Waals surface area contributed by atoms with E-state index in [0.29, 0.717) is 0 Å². The maximum absolute atomic E-state index is 11.4. The molecule has 0 saturated heterocycles. The van der Waals surface area contributed by atoms with Gasteiger partial charge in [0.15, 0.2) is 5.76 Å². The monoisotopic (exact) mass is 136 g/mol. The van der Waals surface area contributed by atoms with Crippen LogP contribution in [0.1, 0.15) is 6.92 Å². The van der Waals surface area contributed by atoms with Crippen LogP contribution in [0.3, 0.4) is 0 Å². The van der Waals surface area contributed by atoms with Crippen LogP contribution in [0.5, 0.6) is 0 Å². The van der Waals surface area contributed by atoms with Crippen LogP contribution in [0.15, 0.2) is 12.3 Å². The first-order valence-electron chi connectivity index (χ1n) is 2.19. The van der Waals surface area contributed by atoms with Gasteiger partial charge in [0.25, 0.3) is 6.43 Å². The van der Waals surface area contributed by atoms with Gasteiger partial charge in [-0.2, -0.15) is 0 Å². The molecule has 0 amide bonds. The second kappa shape index (κ2) is 3.17. The molecule has 0 unspecified atom stereocenters. The molecule has 0 rings (SSSR count). The maximum atomic E-state index is 11.4. The van der Waals surface area contributed by atoms with E-state index in [1.165, 1.54) is 0 Å². The highest BCUT2D eigenvalue weighted by Crippen LogP contribution is 2.06. The number of carbonyl (C=O) groups excluding carboxylic acids is 1. The Morgan fingerprint density at radius 2 is 2.11 bits per heavy atom. The van der Waals surface area contributed by atoms with Crippen molar-refractivity contribution in [3.8, 4) is 0 Å². The topological polar surface area (TPSA) is 26.3 Å². The van der Waals surface area contributed by atoms with Crippen molar-refractivity contribution in [1.82, 2.24) is 0 Å². The van der Waals surface area contributed by atoms with E-state index in [4.69, 9.17) is 0 Å². The first-order chi connectivity index (χ1) is 4.04. The Hall–Kier alpha value is -0.930. The first kappa shape index (κ1) is 8.07. The molecular formula is C5H6F2O2. The van der Waals surface area contributed by atoms with Crippen molar-refractivity contribution < 1.29 is 18.3 Å². The Morgan fingerprint density at radius 1 is 1.67 bits per heavy atom. The number of esters is 1. The van der Waals surface area contributed by atoms with E-state index in [2.05, 4.69) is 11.3 Å². The number of hydrogen-bond donors (Lipinski definition) is 0. The number of carbonyl (C=O) groups is 1. The van der Waals surface area contributed by atoms with E-state index in [1.807, 2.05) is 0 Å².